The molecule has 4 rings (SSSR count). The van der Waals surface area contributed by atoms with Crippen molar-refractivity contribution in [2.75, 3.05) is 26.0 Å². The van der Waals surface area contributed by atoms with Gasteiger partial charge in [-0.05, 0) is 49.7 Å². The maximum atomic E-state index is 13.7. The smallest absolute Gasteiger partial charge is 0.192 e. The number of ketones is 1. The highest BCUT2D eigenvalue weighted by Crippen LogP contribution is 2.25. The zero-order valence-corrected chi connectivity index (χ0v) is 19.0. The van der Waals surface area contributed by atoms with Gasteiger partial charge in [-0.1, -0.05) is 48.5 Å². The third-order valence-corrected chi connectivity index (χ3v) is 6.55. The van der Waals surface area contributed by atoms with E-state index in [-0.39, 0.29) is 17.1 Å². The first-order valence-corrected chi connectivity index (χ1v) is 11.8. The maximum Gasteiger partial charge on any atom is 0.192 e. The molecule has 0 atom stereocenters. The number of Topliss-reactive ketones (excluding diaryl/α,β-unsaturated/α-hetero) is 1. The molecule has 1 aromatic heterocycles. The van der Waals surface area contributed by atoms with Gasteiger partial charge in [0.15, 0.2) is 10.9 Å². The van der Waals surface area contributed by atoms with Crippen molar-refractivity contribution in [3.8, 4) is 5.75 Å². The Morgan fingerprint density at radius 1 is 1.06 bits per heavy atom. The zero-order chi connectivity index (χ0) is 22.3. The maximum absolute atomic E-state index is 13.7. The van der Waals surface area contributed by atoms with Crippen LogP contribution < -0.4 is 4.74 Å². The molecule has 3 aromatic rings. The van der Waals surface area contributed by atoms with Gasteiger partial charge in [0.05, 0.1) is 31.5 Å². The Balaban J connectivity index is 1.53. The third kappa shape index (κ3) is 5.55. The van der Waals surface area contributed by atoms with E-state index in [0.717, 1.165) is 31.0 Å². The van der Waals surface area contributed by atoms with E-state index in [1.807, 2.05) is 18.2 Å². The summed E-state index contributed by atoms with van der Waals surface area (Å²) in [7, 11) is 1.47. The molecular weight excluding hydrogens is 427 g/mol. The highest BCUT2D eigenvalue weighted by Gasteiger charge is 2.20. The summed E-state index contributed by atoms with van der Waals surface area (Å²) in [5.74, 6) is 0.715. The number of likely N-dealkylation sites (tertiary alicyclic amines) is 1. The van der Waals surface area contributed by atoms with Crippen molar-refractivity contribution in [3.63, 3.8) is 0 Å². The second kappa shape index (κ2) is 10.7. The lowest BCUT2D eigenvalue weighted by Gasteiger charge is -2.26. The van der Waals surface area contributed by atoms with Crippen LogP contribution in [0.3, 0.4) is 0 Å². The molecule has 0 aliphatic carbocycles. The Hall–Kier alpha value is -2.71. The van der Waals surface area contributed by atoms with Crippen molar-refractivity contribution in [2.45, 2.75) is 37.5 Å². The van der Waals surface area contributed by atoms with Gasteiger partial charge in [-0.25, -0.2) is 4.39 Å². The lowest BCUT2D eigenvalue weighted by Crippen LogP contribution is -2.30. The number of hydrogen-bond donors (Lipinski definition) is 0. The molecule has 0 saturated carbocycles. The molecule has 1 aliphatic rings. The quantitative estimate of drug-likeness (QED) is 0.352. The van der Waals surface area contributed by atoms with Crippen molar-refractivity contribution >= 4 is 17.5 Å². The van der Waals surface area contributed by atoms with E-state index in [1.165, 1.54) is 56.3 Å². The second-order valence-corrected chi connectivity index (χ2v) is 8.81. The zero-order valence-electron chi connectivity index (χ0n) is 18.2. The Morgan fingerprint density at radius 2 is 1.84 bits per heavy atom. The van der Waals surface area contributed by atoms with Crippen molar-refractivity contribution < 1.29 is 13.9 Å². The van der Waals surface area contributed by atoms with Gasteiger partial charge in [-0.15, -0.1) is 10.2 Å². The number of methoxy groups -OCH3 is 1. The molecule has 8 heteroatoms. The number of hydrogen-bond acceptors (Lipinski definition) is 6. The van der Waals surface area contributed by atoms with E-state index in [9.17, 15) is 9.18 Å². The average Bonchev–Trinajstić information content (AvgIpc) is 3.19. The fourth-order valence-electron chi connectivity index (χ4n) is 3.89. The van der Waals surface area contributed by atoms with Crippen LogP contribution in [0.25, 0.3) is 0 Å². The summed E-state index contributed by atoms with van der Waals surface area (Å²) < 4.78 is 21.0. The number of nitrogens with zero attached hydrogens (tertiary/aromatic N) is 4. The predicted octanol–water partition coefficient (Wildman–Crippen LogP) is 4.44. The number of carbonyl (C=O) groups excluding carboxylic acids is 1. The summed E-state index contributed by atoms with van der Waals surface area (Å²) in [6.07, 6.45) is 3.69. The first-order valence-electron chi connectivity index (χ1n) is 10.8. The Labute approximate surface area is 191 Å². The number of rotatable bonds is 9. The van der Waals surface area contributed by atoms with Crippen LogP contribution in [0.5, 0.6) is 5.75 Å². The van der Waals surface area contributed by atoms with Gasteiger partial charge in [0.1, 0.15) is 17.4 Å². The number of halogens is 1. The van der Waals surface area contributed by atoms with Crippen molar-refractivity contribution in [2.24, 2.45) is 0 Å². The van der Waals surface area contributed by atoms with Crippen LogP contribution >= 0.6 is 11.8 Å². The van der Waals surface area contributed by atoms with Gasteiger partial charge in [0.2, 0.25) is 0 Å². The van der Waals surface area contributed by atoms with E-state index in [1.54, 1.807) is 0 Å². The molecule has 0 unspecified atom stereocenters. The van der Waals surface area contributed by atoms with Crippen LogP contribution in [0.4, 0.5) is 4.39 Å². The first kappa shape index (κ1) is 22.5. The molecule has 6 nitrogen and oxygen atoms in total. The molecule has 32 heavy (non-hydrogen) atoms. The fourth-order valence-corrected chi connectivity index (χ4v) is 4.73. The highest BCUT2D eigenvalue weighted by atomic mass is 32.2. The normalized spacial score (nSPS) is 14.4. The van der Waals surface area contributed by atoms with Gasteiger partial charge in [0.25, 0.3) is 0 Å². The van der Waals surface area contributed by atoms with E-state index >= 15 is 0 Å². The van der Waals surface area contributed by atoms with E-state index < -0.39 is 5.82 Å². The minimum atomic E-state index is -0.463. The molecule has 0 amide bonds. The van der Waals surface area contributed by atoms with E-state index in [4.69, 9.17) is 4.74 Å². The largest absolute Gasteiger partial charge is 0.496 e. The van der Waals surface area contributed by atoms with Crippen molar-refractivity contribution in [3.05, 3.63) is 71.3 Å². The summed E-state index contributed by atoms with van der Waals surface area (Å²) in [5.41, 5.74) is 1.38. The Bertz CT molecular complexity index is 1050. The van der Waals surface area contributed by atoms with Crippen LogP contribution in [0.2, 0.25) is 0 Å². The molecule has 2 heterocycles. The van der Waals surface area contributed by atoms with Gasteiger partial charge in [-0.2, -0.15) is 0 Å². The van der Waals surface area contributed by atoms with Crippen LogP contribution in [0.15, 0.2) is 53.7 Å². The minimum absolute atomic E-state index is 0.121. The molecule has 1 saturated heterocycles. The van der Waals surface area contributed by atoms with Crippen molar-refractivity contribution in [1.82, 2.24) is 19.7 Å². The summed E-state index contributed by atoms with van der Waals surface area (Å²) in [5, 5.41) is 9.54. The highest BCUT2D eigenvalue weighted by molar-refractivity contribution is 7.99. The fraction of sp³-hybridized carbons (Fsp3) is 0.375. The van der Waals surface area contributed by atoms with Crippen LogP contribution in [-0.2, 0) is 13.1 Å². The number of aromatic nitrogens is 3. The predicted molar refractivity (Wildman–Crippen MR) is 123 cm³/mol. The molecule has 168 valence electrons. The molecule has 0 N–H and O–H groups in total. The third-order valence-electron chi connectivity index (χ3n) is 5.58. The number of thioether (sulfide) groups is 1. The van der Waals surface area contributed by atoms with Crippen LogP contribution in [0, 0.1) is 5.82 Å². The van der Waals surface area contributed by atoms with Gasteiger partial charge >= 0.3 is 0 Å². The van der Waals surface area contributed by atoms with E-state index in [2.05, 4.69) is 31.8 Å². The monoisotopic (exact) mass is 454 g/mol. The molecular formula is C24H27FN4O2S. The topological polar surface area (TPSA) is 60.2 Å². The number of ether oxygens (including phenoxy) is 1. The number of benzene rings is 2. The summed E-state index contributed by atoms with van der Waals surface area (Å²) in [6, 6.07) is 14.1. The number of piperidine rings is 1. The van der Waals surface area contributed by atoms with Gasteiger partial charge < -0.3 is 9.30 Å². The SMILES string of the molecule is COc1ccc(F)cc1C(=O)CSc1nnc(CN2CCCCC2)n1Cc1ccccc1. The molecule has 0 radical (unpaired) electrons. The summed E-state index contributed by atoms with van der Waals surface area (Å²) in [6.45, 7) is 3.51. The second-order valence-electron chi connectivity index (χ2n) is 7.86. The van der Waals surface area contributed by atoms with Gasteiger partial charge in [0, 0.05) is 0 Å². The Morgan fingerprint density at radius 3 is 2.59 bits per heavy atom. The van der Waals surface area contributed by atoms with Crippen molar-refractivity contribution in [1.29, 1.82) is 0 Å². The summed E-state index contributed by atoms with van der Waals surface area (Å²) in [4.78, 5) is 15.2. The first-order chi connectivity index (χ1) is 15.6. The Kier molecular flexibility index (Phi) is 7.55. The molecule has 2 aromatic carbocycles. The molecule has 1 fully saturated rings. The van der Waals surface area contributed by atoms with Crippen LogP contribution in [-0.4, -0.2) is 51.4 Å². The van der Waals surface area contributed by atoms with E-state index in [0.29, 0.717) is 17.5 Å². The molecule has 0 bridgehead atoms. The number of carbonyl (C=O) groups is 1. The minimum Gasteiger partial charge on any atom is -0.496 e. The molecule has 1 aliphatic heterocycles. The summed E-state index contributed by atoms with van der Waals surface area (Å²) >= 11 is 1.32. The molecule has 0 spiro atoms. The average molecular weight is 455 g/mol. The lowest BCUT2D eigenvalue weighted by molar-refractivity contribution is 0.101. The van der Waals surface area contributed by atoms with Gasteiger partial charge in [-0.3, -0.25) is 9.69 Å². The lowest BCUT2D eigenvalue weighted by atomic mass is 10.1. The van der Waals surface area contributed by atoms with Crippen LogP contribution in [0.1, 0.15) is 41.0 Å². The standard InChI is InChI=1S/C24H27FN4O2S/c1-31-22-11-10-19(25)14-20(22)21(30)17-32-24-27-26-23(16-28-12-6-3-7-13-28)29(24)15-18-8-4-2-5-9-18/h2,4-5,8-11,14H,3,6-7,12-13,15-17H2,1H3.